The van der Waals surface area contributed by atoms with Gasteiger partial charge < -0.3 is 19.6 Å². The van der Waals surface area contributed by atoms with Crippen LogP contribution in [0.3, 0.4) is 0 Å². The quantitative estimate of drug-likeness (QED) is 0.418. The second kappa shape index (κ2) is 9.59. The van der Waals surface area contributed by atoms with Crippen molar-refractivity contribution in [1.29, 1.82) is 0 Å². The van der Waals surface area contributed by atoms with Gasteiger partial charge in [-0.25, -0.2) is 14.5 Å². The molecule has 38 heavy (non-hydrogen) atoms. The van der Waals surface area contributed by atoms with E-state index in [1.807, 2.05) is 24.0 Å². The molecule has 0 aliphatic carbocycles. The van der Waals surface area contributed by atoms with Crippen molar-refractivity contribution in [3.8, 4) is 17.1 Å². The van der Waals surface area contributed by atoms with Gasteiger partial charge >= 0.3 is 12.3 Å². The molecule has 0 aromatic carbocycles. The number of alkyl halides is 3. The minimum Gasteiger partial charge on any atom is -0.465 e. The lowest BCUT2D eigenvalue weighted by atomic mass is 10.1. The van der Waals surface area contributed by atoms with E-state index in [1.165, 1.54) is 17.3 Å². The Morgan fingerprint density at radius 2 is 1.92 bits per heavy atom. The van der Waals surface area contributed by atoms with E-state index < -0.39 is 24.4 Å². The minimum absolute atomic E-state index is 0.230. The normalized spacial score (nSPS) is 18.7. The molecule has 0 saturated carbocycles. The lowest BCUT2D eigenvalue weighted by Gasteiger charge is -2.33. The van der Waals surface area contributed by atoms with E-state index in [2.05, 4.69) is 15.2 Å². The van der Waals surface area contributed by atoms with Gasteiger partial charge in [0.15, 0.2) is 5.82 Å². The molecule has 5 rings (SSSR count). The molecule has 5 heterocycles. The lowest BCUT2D eigenvalue weighted by Crippen LogP contribution is -2.47. The SMILES string of the molecule is COC1(C)CN(C(=O)O)CCN(c2cccc(-n3ncc4cnc(-c5cnn(CC(F)(F)F)c5)cc43)n2)C1. The number of halogens is 3. The Bertz CT molecular complexity index is 1470. The number of carboxylic acid groups (broad SMARTS) is 1. The minimum atomic E-state index is -4.38. The smallest absolute Gasteiger partial charge is 0.408 e. The highest BCUT2D eigenvalue weighted by atomic mass is 19.4. The summed E-state index contributed by atoms with van der Waals surface area (Å²) >= 11 is 0. The van der Waals surface area contributed by atoms with Gasteiger partial charge in [0.1, 0.15) is 18.0 Å². The van der Waals surface area contributed by atoms with Crippen molar-refractivity contribution >= 4 is 22.8 Å². The first kappa shape index (κ1) is 25.4. The number of ether oxygens (including phenoxy) is 1. The van der Waals surface area contributed by atoms with Crippen molar-refractivity contribution in [1.82, 2.24) is 34.4 Å². The number of methoxy groups -OCH3 is 1. The van der Waals surface area contributed by atoms with E-state index in [0.29, 0.717) is 48.0 Å². The average Bonchev–Trinajstić information content (AvgIpc) is 3.46. The molecule has 1 fully saturated rings. The maximum Gasteiger partial charge on any atom is 0.408 e. The summed E-state index contributed by atoms with van der Waals surface area (Å²) < 4.78 is 46.3. The molecule has 1 atom stereocenters. The van der Waals surface area contributed by atoms with Crippen LogP contribution in [0.15, 0.2) is 49.1 Å². The monoisotopic (exact) mass is 530 g/mol. The highest BCUT2D eigenvalue weighted by Crippen LogP contribution is 2.26. The third-order valence-corrected chi connectivity index (χ3v) is 6.44. The van der Waals surface area contributed by atoms with E-state index >= 15 is 0 Å². The fourth-order valence-electron chi connectivity index (χ4n) is 4.48. The zero-order valence-electron chi connectivity index (χ0n) is 20.6. The van der Waals surface area contributed by atoms with Crippen LogP contribution in [0, 0.1) is 0 Å². The fraction of sp³-hybridized carbons (Fsp3) is 0.375. The van der Waals surface area contributed by atoms with Crippen LogP contribution in [-0.4, -0.2) is 90.7 Å². The maximum atomic E-state index is 12.7. The first-order valence-electron chi connectivity index (χ1n) is 11.7. The number of anilines is 1. The summed E-state index contributed by atoms with van der Waals surface area (Å²) in [6.07, 6.45) is 0.480. The van der Waals surface area contributed by atoms with Crippen LogP contribution in [0.1, 0.15) is 6.92 Å². The molecule has 4 aromatic rings. The van der Waals surface area contributed by atoms with Crippen LogP contribution in [0.4, 0.5) is 23.8 Å². The van der Waals surface area contributed by atoms with Gasteiger partial charge in [0, 0.05) is 50.1 Å². The van der Waals surface area contributed by atoms with Crippen molar-refractivity contribution in [3.63, 3.8) is 0 Å². The van der Waals surface area contributed by atoms with Crippen molar-refractivity contribution < 1.29 is 27.8 Å². The van der Waals surface area contributed by atoms with Crippen LogP contribution < -0.4 is 4.90 Å². The highest BCUT2D eigenvalue weighted by Gasteiger charge is 2.35. The number of pyridine rings is 2. The fourth-order valence-corrected chi connectivity index (χ4v) is 4.48. The zero-order chi connectivity index (χ0) is 27.1. The molecule has 1 aliphatic heterocycles. The molecule has 200 valence electrons. The van der Waals surface area contributed by atoms with E-state index in [-0.39, 0.29) is 6.54 Å². The van der Waals surface area contributed by atoms with Crippen LogP contribution in [0.2, 0.25) is 0 Å². The van der Waals surface area contributed by atoms with Crippen molar-refractivity contribution in [3.05, 3.63) is 49.1 Å². The highest BCUT2D eigenvalue weighted by molar-refractivity contribution is 5.83. The summed E-state index contributed by atoms with van der Waals surface area (Å²) in [7, 11) is 1.56. The molecular weight excluding hydrogens is 505 g/mol. The second-order valence-corrected chi connectivity index (χ2v) is 9.36. The van der Waals surface area contributed by atoms with Crippen molar-refractivity contribution in [2.45, 2.75) is 25.2 Å². The molecule has 4 aromatic heterocycles. The van der Waals surface area contributed by atoms with E-state index in [0.717, 1.165) is 10.1 Å². The molecular formula is C24H25F3N8O3. The van der Waals surface area contributed by atoms with Gasteiger partial charge in [0.25, 0.3) is 0 Å². The molecule has 1 saturated heterocycles. The third kappa shape index (κ3) is 5.25. The number of amides is 1. The predicted molar refractivity (Wildman–Crippen MR) is 131 cm³/mol. The van der Waals surface area contributed by atoms with Gasteiger partial charge in [-0.2, -0.15) is 23.4 Å². The molecule has 1 N–H and O–H groups in total. The van der Waals surface area contributed by atoms with E-state index in [1.54, 1.807) is 36.3 Å². The molecule has 1 unspecified atom stereocenters. The van der Waals surface area contributed by atoms with E-state index in [9.17, 15) is 23.1 Å². The summed E-state index contributed by atoms with van der Waals surface area (Å²) in [5.41, 5.74) is 0.818. The Morgan fingerprint density at radius 1 is 1.13 bits per heavy atom. The number of aromatic nitrogens is 6. The standard InChI is InChI=1S/C24H25F3N8O3/c1-23(38-2)13-32(6-7-33(14-23)22(36)37)20-4-3-5-21(31-20)35-19-8-18(28-9-16(19)10-30-35)17-11-29-34(12-17)15-24(25,26)27/h3-5,8-12H,6-7,13-15H2,1-2H3,(H,36,37). The first-order valence-corrected chi connectivity index (χ1v) is 11.7. The Morgan fingerprint density at radius 3 is 2.66 bits per heavy atom. The molecule has 11 nitrogen and oxygen atoms in total. The molecule has 0 radical (unpaired) electrons. The predicted octanol–water partition coefficient (Wildman–Crippen LogP) is 3.45. The largest absolute Gasteiger partial charge is 0.465 e. The van der Waals surface area contributed by atoms with Gasteiger partial charge in [-0.15, -0.1) is 0 Å². The molecule has 14 heteroatoms. The Labute approximate surface area is 215 Å². The summed E-state index contributed by atoms with van der Waals surface area (Å²) in [6.45, 7) is 2.05. The van der Waals surface area contributed by atoms with Crippen molar-refractivity contribution in [2.24, 2.45) is 0 Å². The van der Waals surface area contributed by atoms with Gasteiger partial charge in [-0.1, -0.05) is 6.07 Å². The van der Waals surface area contributed by atoms with Crippen LogP contribution >= 0.6 is 0 Å². The summed E-state index contributed by atoms with van der Waals surface area (Å²) in [5, 5.41) is 18.5. The first-order chi connectivity index (χ1) is 18.0. The maximum absolute atomic E-state index is 12.7. The third-order valence-electron chi connectivity index (χ3n) is 6.44. The van der Waals surface area contributed by atoms with Gasteiger partial charge in [-0.3, -0.25) is 9.67 Å². The molecule has 1 aliphatic rings. The number of carbonyl (C=O) groups is 1. The lowest BCUT2D eigenvalue weighted by molar-refractivity contribution is -0.142. The average molecular weight is 531 g/mol. The molecule has 1 amide bonds. The summed E-state index contributed by atoms with van der Waals surface area (Å²) in [5.74, 6) is 1.14. The zero-order valence-corrected chi connectivity index (χ0v) is 20.6. The van der Waals surface area contributed by atoms with Gasteiger partial charge in [0.05, 0.1) is 30.1 Å². The Kier molecular flexibility index (Phi) is 6.42. The Hall–Kier alpha value is -4.20. The number of nitrogens with zero attached hydrogens (tertiary/aromatic N) is 8. The Balaban J connectivity index is 1.46. The van der Waals surface area contributed by atoms with Crippen LogP contribution in [0.25, 0.3) is 28.0 Å². The van der Waals surface area contributed by atoms with Gasteiger partial charge in [0.2, 0.25) is 0 Å². The molecule has 0 bridgehead atoms. The summed E-state index contributed by atoms with van der Waals surface area (Å²) in [6, 6.07) is 7.18. The van der Waals surface area contributed by atoms with Crippen LogP contribution in [-0.2, 0) is 11.3 Å². The second-order valence-electron chi connectivity index (χ2n) is 9.36. The van der Waals surface area contributed by atoms with Gasteiger partial charge in [-0.05, 0) is 25.1 Å². The number of hydrogen-bond donors (Lipinski definition) is 1. The van der Waals surface area contributed by atoms with Crippen molar-refractivity contribution in [2.75, 3.05) is 38.2 Å². The van der Waals surface area contributed by atoms with Crippen LogP contribution in [0.5, 0.6) is 0 Å². The topological polar surface area (TPSA) is 114 Å². The summed E-state index contributed by atoms with van der Waals surface area (Å²) in [4.78, 5) is 24.1. The molecule has 0 spiro atoms. The van der Waals surface area contributed by atoms with E-state index in [4.69, 9.17) is 9.72 Å². The number of fused-ring (bicyclic) bond motifs is 1. The number of rotatable bonds is 5. The number of hydrogen-bond acceptors (Lipinski definition) is 7.